The second-order valence-electron chi connectivity index (χ2n) is 5.80. The largest absolute Gasteiger partial charge is 0.490 e. The van der Waals surface area contributed by atoms with Gasteiger partial charge in [-0.15, -0.1) is 0 Å². The van der Waals surface area contributed by atoms with E-state index in [1.807, 2.05) is 0 Å². The van der Waals surface area contributed by atoms with E-state index in [9.17, 15) is 26.3 Å². The van der Waals surface area contributed by atoms with Crippen LogP contribution in [0.25, 0.3) is 0 Å². The molecule has 2 aliphatic rings. The molecule has 12 heteroatoms. The first kappa shape index (κ1) is 38.0. The Labute approximate surface area is 209 Å². The van der Waals surface area contributed by atoms with E-state index in [2.05, 4.69) is 48.6 Å². The predicted octanol–water partition coefficient (Wildman–Crippen LogP) is 6.61. The van der Waals surface area contributed by atoms with Crippen LogP contribution in [-0.4, -0.2) is 34.5 Å². The van der Waals surface area contributed by atoms with Crippen LogP contribution in [0.4, 0.5) is 26.3 Å². The van der Waals surface area contributed by atoms with Crippen molar-refractivity contribution in [2.45, 2.75) is 63.7 Å². The van der Waals surface area contributed by atoms with Gasteiger partial charge in [0.25, 0.3) is 0 Å². The summed E-state index contributed by atoms with van der Waals surface area (Å²) < 4.78 is 63.5. The summed E-state index contributed by atoms with van der Waals surface area (Å²) >= 11 is 0. The van der Waals surface area contributed by atoms with Crippen LogP contribution in [0, 0.1) is 0 Å². The fraction of sp³-hybridized carbons (Fsp3) is 0.500. The van der Waals surface area contributed by atoms with Gasteiger partial charge >= 0.3 is 24.3 Å². The van der Waals surface area contributed by atoms with Crippen molar-refractivity contribution in [3.05, 3.63) is 48.6 Å². The number of rotatable bonds is 0. The SMILES string of the molecule is C1=C\CC/C=C\CC/1.C1=C\CC/C=C\CC/1.O=C(O)C(F)(F)F.O=C(O)C(F)(F)F.[Rh].[Rh]. The number of hydrogen-bond donors (Lipinski definition) is 2. The number of hydrogen-bond acceptors (Lipinski definition) is 2. The van der Waals surface area contributed by atoms with Gasteiger partial charge in [-0.3, -0.25) is 0 Å². The Morgan fingerprint density at radius 2 is 0.562 bits per heavy atom. The molecule has 0 aromatic heterocycles. The molecule has 0 amide bonds. The Bertz CT molecular complexity index is 494. The second-order valence-corrected chi connectivity index (χ2v) is 5.80. The summed E-state index contributed by atoms with van der Waals surface area (Å²) in [7, 11) is 0. The molecule has 32 heavy (non-hydrogen) atoms. The van der Waals surface area contributed by atoms with Crippen molar-refractivity contribution in [3.8, 4) is 0 Å². The third-order valence-corrected chi connectivity index (χ3v) is 3.15. The van der Waals surface area contributed by atoms with E-state index < -0.39 is 24.3 Å². The van der Waals surface area contributed by atoms with E-state index in [1.54, 1.807) is 0 Å². The van der Waals surface area contributed by atoms with Gasteiger partial charge in [-0.1, -0.05) is 48.6 Å². The molecular weight excluding hydrogens is 624 g/mol. The zero-order valence-corrected chi connectivity index (χ0v) is 20.2. The van der Waals surface area contributed by atoms with Gasteiger partial charge in [-0.25, -0.2) is 9.59 Å². The van der Waals surface area contributed by atoms with Crippen LogP contribution in [0.3, 0.4) is 0 Å². The Morgan fingerprint density at radius 1 is 0.469 bits per heavy atom. The maximum atomic E-state index is 10.6. The molecule has 4 nitrogen and oxygen atoms in total. The molecule has 0 heterocycles. The summed E-state index contributed by atoms with van der Waals surface area (Å²) in [4.78, 5) is 17.8. The summed E-state index contributed by atoms with van der Waals surface area (Å²) in [5.74, 6) is -5.51. The molecule has 0 saturated heterocycles. The number of carboxylic acid groups (broad SMARTS) is 2. The molecule has 2 rings (SSSR count). The summed E-state index contributed by atoms with van der Waals surface area (Å²) in [5.41, 5.74) is 0. The fourth-order valence-electron chi connectivity index (χ4n) is 1.71. The van der Waals surface area contributed by atoms with Gasteiger partial charge in [-0.05, 0) is 51.4 Å². The minimum absolute atomic E-state index is 0. The van der Waals surface area contributed by atoms with Crippen molar-refractivity contribution >= 4 is 11.9 Å². The first-order valence-corrected chi connectivity index (χ1v) is 9.09. The zero-order chi connectivity index (χ0) is 23.5. The number of carboxylic acids is 2. The topological polar surface area (TPSA) is 74.6 Å². The number of carbonyl (C=O) groups is 2. The molecule has 0 aromatic rings. The van der Waals surface area contributed by atoms with Crippen LogP contribution < -0.4 is 0 Å². The first-order valence-electron chi connectivity index (χ1n) is 9.09. The fourth-order valence-corrected chi connectivity index (χ4v) is 1.71. The third kappa shape index (κ3) is 30.9. The summed E-state index contributed by atoms with van der Waals surface area (Å²) in [6, 6.07) is 0. The molecule has 2 radical (unpaired) electrons. The maximum absolute atomic E-state index is 10.6. The Kier molecular flexibility index (Phi) is 27.2. The first-order chi connectivity index (χ1) is 13.9. The van der Waals surface area contributed by atoms with Crippen LogP contribution >= 0.6 is 0 Å². The van der Waals surface area contributed by atoms with Gasteiger partial charge in [0.1, 0.15) is 0 Å². The van der Waals surface area contributed by atoms with Crippen LogP contribution in [0.15, 0.2) is 48.6 Å². The maximum Gasteiger partial charge on any atom is 0.490 e. The van der Waals surface area contributed by atoms with Crippen LogP contribution in [0.5, 0.6) is 0 Å². The van der Waals surface area contributed by atoms with Crippen LogP contribution in [0.2, 0.25) is 0 Å². The molecule has 0 aromatic carbocycles. The van der Waals surface area contributed by atoms with Gasteiger partial charge in [0, 0.05) is 39.0 Å². The Balaban J connectivity index is -0.000000161. The molecule has 0 aliphatic heterocycles. The quantitative estimate of drug-likeness (QED) is 0.176. The van der Waals surface area contributed by atoms with Gasteiger partial charge in [0.15, 0.2) is 0 Å². The average molecular weight is 650 g/mol. The van der Waals surface area contributed by atoms with Crippen molar-refractivity contribution < 1.29 is 85.1 Å². The van der Waals surface area contributed by atoms with Gasteiger partial charge in [0.05, 0.1) is 0 Å². The zero-order valence-electron chi connectivity index (χ0n) is 16.9. The van der Waals surface area contributed by atoms with E-state index in [0.29, 0.717) is 0 Å². The molecule has 0 fully saturated rings. The van der Waals surface area contributed by atoms with E-state index in [4.69, 9.17) is 19.8 Å². The standard InChI is InChI=1S/2C8H12.2C2HF3O2.2Rh/c2*1-2-4-6-8-7-5-3-1;2*3-2(4,5)1(6)7;;/h2*1-2,7-8H,3-6H2;2*(H,6,7);;/b2*2-1-,8-7-;;;;. The molecule has 0 bridgehead atoms. The Morgan fingerprint density at radius 3 is 0.625 bits per heavy atom. The molecule has 0 spiro atoms. The van der Waals surface area contributed by atoms with E-state index in [0.717, 1.165) is 0 Å². The van der Waals surface area contributed by atoms with E-state index in [-0.39, 0.29) is 39.0 Å². The van der Waals surface area contributed by atoms with Crippen molar-refractivity contribution in [3.63, 3.8) is 0 Å². The van der Waals surface area contributed by atoms with Crippen LogP contribution in [0.1, 0.15) is 51.4 Å². The number of allylic oxidation sites excluding steroid dienone is 8. The summed E-state index contributed by atoms with van der Waals surface area (Å²) in [6.07, 6.45) is 17.8. The van der Waals surface area contributed by atoms with Gasteiger partial charge < -0.3 is 10.2 Å². The summed E-state index contributed by atoms with van der Waals surface area (Å²) in [6.45, 7) is 0. The number of halogens is 6. The van der Waals surface area contributed by atoms with Crippen molar-refractivity contribution in [1.82, 2.24) is 0 Å². The number of alkyl halides is 6. The van der Waals surface area contributed by atoms with Gasteiger partial charge in [-0.2, -0.15) is 26.3 Å². The van der Waals surface area contributed by atoms with Crippen molar-refractivity contribution in [2.24, 2.45) is 0 Å². The molecule has 0 unspecified atom stereocenters. The van der Waals surface area contributed by atoms with Crippen molar-refractivity contribution in [2.75, 3.05) is 0 Å². The molecule has 0 saturated carbocycles. The van der Waals surface area contributed by atoms with Crippen molar-refractivity contribution in [1.29, 1.82) is 0 Å². The van der Waals surface area contributed by atoms with Crippen LogP contribution in [-0.2, 0) is 48.5 Å². The number of aliphatic carboxylic acids is 2. The molecule has 2 N–H and O–H groups in total. The monoisotopic (exact) mass is 650 g/mol. The minimum Gasteiger partial charge on any atom is -0.475 e. The average Bonchev–Trinajstić information content (AvgIpc) is 2.53. The minimum atomic E-state index is -5.08. The normalized spacial score (nSPS) is 18.9. The Hall–Kier alpha value is -1.27. The van der Waals surface area contributed by atoms with Gasteiger partial charge in [0.2, 0.25) is 0 Å². The van der Waals surface area contributed by atoms with E-state index in [1.165, 1.54) is 51.4 Å². The summed E-state index contributed by atoms with van der Waals surface area (Å²) in [5, 5.41) is 14.2. The van der Waals surface area contributed by atoms with E-state index >= 15 is 0 Å². The molecule has 190 valence electrons. The third-order valence-electron chi connectivity index (χ3n) is 3.15. The second kappa shape index (κ2) is 22.9. The molecule has 0 atom stereocenters. The molecule has 2 aliphatic carbocycles. The predicted molar refractivity (Wildman–Crippen MR) is 101 cm³/mol. The molecular formula is C20H26F6O4Rh2. The smallest absolute Gasteiger partial charge is 0.475 e.